The third kappa shape index (κ3) is 5.59. The fraction of sp³-hybridized carbons (Fsp3) is 0.706. The molecule has 3 nitrogen and oxygen atoms in total. The lowest BCUT2D eigenvalue weighted by Crippen LogP contribution is -2.35. The summed E-state index contributed by atoms with van der Waals surface area (Å²) in [6, 6.07) is 4.21. The Bertz CT molecular complexity index is 390. The summed E-state index contributed by atoms with van der Waals surface area (Å²) < 4.78 is 5.70. The Morgan fingerprint density at radius 1 is 1.30 bits per heavy atom. The van der Waals surface area contributed by atoms with E-state index in [9.17, 15) is 0 Å². The molecule has 0 aliphatic heterocycles. The van der Waals surface area contributed by atoms with Crippen LogP contribution in [-0.2, 0) is 17.9 Å². The molecule has 0 unspecified atom stereocenters. The van der Waals surface area contributed by atoms with E-state index in [1.807, 2.05) is 6.20 Å². The monoisotopic (exact) mass is 276 g/mol. The predicted molar refractivity (Wildman–Crippen MR) is 82.4 cm³/mol. The highest BCUT2D eigenvalue weighted by atomic mass is 16.5. The van der Waals surface area contributed by atoms with Crippen molar-refractivity contribution >= 4 is 0 Å². The summed E-state index contributed by atoms with van der Waals surface area (Å²) >= 11 is 0. The zero-order chi connectivity index (χ0) is 14.4. The van der Waals surface area contributed by atoms with E-state index in [2.05, 4.69) is 43.2 Å². The van der Waals surface area contributed by atoms with E-state index in [-0.39, 0.29) is 5.54 Å². The van der Waals surface area contributed by atoms with Crippen LogP contribution < -0.4 is 5.32 Å². The van der Waals surface area contributed by atoms with Crippen LogP contribution in [0.25, 0.3) is 0 Å². The fourth-order valence-electron chi connectivity index (χ4n) is 2.22. The van der Waals surface area contributed by atoms with Gasteiger partial charge in [-0.3, -0.25) is 4.98 Å². The van der Waals surface area contributed by atoms with E-state index in [0.29, 0.717) is 6.61 Å². The summed E-state index contributed by atoms with van der Waals surface area (Å²) in [5, 5.41) is 3.46. The van der Waals surface area contributed by atoms with Crippen LogP contribution in [0.2, 0.25) is 0 Å². The molecule has 0 radical (unpaired) electrons. The molecule has 1 aromatic rings. The molecule has 1 N–H and O–H groups in total. The molecule has 0 spiro atoms. The van der Waals surface area contributed by atoms with Gasteiger partial charge in [0.1, 0.15) is 0 Å². The van der Waals surface area contributed by atoms with Crippen molar-refractivity contribution in [2.45, 2.75) is 65.1 Å². The lowest BCUT2D eigenvalue weighted by atomic mass is 9.83. The maximum absolute atomic E-state index is 5.70. The highest BCUT2D eigenvalue weighted by Gasteiger charge is 2.16. The molecule has 0 bridgehead atoms. The third-order valence-corrected chi connectivity index (χ3v) is 3.85. The molecule has 0 atom stereocenters. The third-order valence-electron chi connectivity index (χ3n) is 3.85. The van der Waals surface area contributed by atoms with Crippen molar-refractivity contribution in [3.8, 4) is 0 Å². The van der Waals surface area contributed by atoms with Crippen LogP contribution in [0, 0.1) is 5.92 Å². The van der Waals surface area contributed by atoms with E-state index in [1.54, 1.807) is 0 Å². The molecule has 112 valence electrons. The first-order valence-corrected chi connectivity index (χ1v) is 7.79. The molecule has 3 heteroatoms. The number of ether oxygens (including phenoxy) is 1. The lowest BCUT2D eigenvalue weighted by Gasteiger charge is -2.24. The number of hydrogen-bond donors (Lipinski definition) is 1. The number of aromatic nitrogens is 1. The zero-order valence-electron chi connectivity index (χ0n) is 13.1. The van der Waals surface area contributed by atoms with Gasteiger partial charge in [-0.25, -0.2) is 0 Å². The number of hydrogen-bond acceptors (Lipinski definition) is 3. The fourth-order valence-corrected chi connectivity index (χ4v) is 2.22. The summed E-state index contributed by atoms with van der Waals surface area (Å²) in [4.78, 5) is 4.47. The number of rotatable bonds is 7. The van der Waals surface area contributed by atoms with Gasteiger partial charge in [0.2, 0.25) is 0 Å². The van der Waals surface area contributed by atoms with E-state index in [0.717, 1.165) is 24.8 Å². The molecule has 1 aliphatic carbocycles. The van der Waals surface area contributed by atoms with Crippen molar-refractivity contribution in [1.29, 1.82) is 0 Å². The average molecular weight is 276 g/mol. The minimum Gasteiger partial charge on any atom is -0.375 e. The van der Waals surface area contributed by atoms with Gasteiger partial charge < -0.3 is 10.1 Å². The Morgan fingerprint density at radius 2 is 2.10 bits per heavy atom. The Labute approximate surface area is 123 Å². The van der Waals surface area contributed by atoms with Crippen molar-refractivity contribution in [1.82, 2.24) is 10.3 Å². The molecule has 1 saturated carbocycles. The molecule has 0 saturated heterocycles. The van der Waals surface area contributed by atoms with Crippen LogP contribution in [0.5, 0.6) is 0 Å². The van der Waals surface area contributed by atoms with Gasteiger partial charge in [-0.15, -0.1) is 0 Å². The van der Waals surface area contributed by atoms with Crippen molar-refractivity contribution in [2.75, 3.05) is 6.61 Å². The van der Waals surface area contributed by atoms with Crippen molar-refractivity contribution < 1.29 is 4.74 Å². The Hall–Kier alpha value is -0.930. The second-order valence-corrected chi connectivity index (χ2v) is 6.90. The molecule has 1 heterocycles. The lowest BCUT2D eigenvalue weighted by molar-refractivity contribution is 0.0929. The molecule has 0 amide bonds. The molecule has 20 heavy (non-hydrogen) atoms. The van der Waals surface area contributed by atoms with Gasteiger partial charge in [0.15, 0.2) is 0 Å². The van der Waals surface area contributed by atoms with Gasteiger partial charge in [0, 0.05) is 24.9 Å². The van der Waals surface area contributed by atoms with Crippen LogP contribution in [0.15, 0.2) is 18.3 Å². The summed E-state index contributed by atoms with van der Waals surface area (Å²) in [7, 11) is 0. The Balaban J connectivity index is 1.65. The molecule has 1 aromatic heterocycles. The first kappa shape index (κ1) is 15.5. The first-order chi connectivity index (χ1) is 9.53. The van der Waals surface area contributed by atoms with Gasteiger partial charge in [0.25, 0.3) is 0 Å². The van der Waals surface area contributed by atoms with E-state index in [4.69, 9.17) is 4.74 Å². The van der Waals surface area contributed by atoms with Crippen LogP contribution in [-0.4, -0.2) is 17.1 Å². The summed E-state index contributed by atoms with van der Waals surface area (Å²) in [6.07, 6.45) is 7.38. The van der Waals surface area contributed by atoms with Crippen LogP contribution >= 0.6 is 0 Å². The van der Waals surface area contributed by atoms with Crippen molar-refractivity contribution in [2.24, 2.45) is 5.92 Å². The minimum absolute atomic E-state index is 0.142. The van der Waals surface area contributed by atoms with Gasteiger partial charge in [-0.1, -0.05) is 25.3 Å². The number of nitrogens with zero attached hydrogens (tertiary/aromatic N) is 1. The predicted octanol–water partition coefficient (Wildman–Crippen LogP) is 3.68. The highest BCUT2D eigenvalue weighted by molar-refractivity contribution is 5.13. The summed E-state index contributed by atoms with van der Waals surface area (Å²) in [5.41, 5.74) is 2.39. The molecule has 1 fully saturated rings. The normalized spacial score (nSPS) is 16.1. The number of nitrogens with one attached hydrogen (secondary N) is 1. The molecule has 1 aliphatic rings. The topological polar surface area (TPSA) is 34.1 Å². The van der Waals surface area contributed by atoms with Crippen molar-refractivity contribution in [3.63, 3.8) is 0 Å². The maximum Gasteiger partial charge on any atom is 0.0887 e. The van der Waals surface area contributed by atoms with Gasteiger partial charge in [-0.05, 0) is 44.7 Å². The average Bonchev–Trinajstić information content (AvgIpc) is 2.34. The number of pyridine rings is 1. The first-order valence-electron chi connectivity index (χ1n) is 7.79. The minimum atomic E-state index is 0.142. The summed E-state index contributed by atoms with van der Waals surface area (Å²) in [5.74, 6) is 0.925. The molecular formula is C17H28N2O. The van der Waals surface area contributed by atoms with E-state index < -0.39 is 0 Å². The van der Waals surface area contributed by atoms with Crippen LogP contribution in [0.4, 0.5) is 0 Å². The highest BCUT2D eigenvalue weighted by Crippen LogP contribution is 2.29. The van der Waals surface area contributed by atoms with E-state index >= 15 is 0 Å². The van der Waals surface area contributed by atoms with E-state index in [1.165, 1.54) is 31.2 Å². The van der Waals surface area contributed by atoms with Crippen LogP contribution in [0.1, 0.15) is 57.7 Å². The van der Waals surface area contributed by atoms with Gasteiger partial charge >= 0.3 is 0 Å². The van der Waals surface area contributed by atoms with Gasteiger partial charge in [-0.2, -0.15) is 0 Å². The largest absolute Gasteiger partial charge is 0.375 e. The molecular weight excluding hydrogens is 248 g/mol. The zero-order valence-corrected chi connectivity index (χ0v) is 13.1. The SMILES string of the molecule is CC(C)(C)NCc1ccc(COCCC2CCC2)nc1. The quantitative estimate of drug-likeness (QED) is 0.771. The molecule has 2 rings (SSSR count). The van der Waals surface area contributed by atoms with Gasteiger partial charge in [0.05, 0.1) is 12.3 Å². The summed E-state index contributed by atoms with van der Waals surface area (Å²) in [6.45, 7) is 8.89. The second kappa shape index (κ2) is 7.19. The van der Waals surface area contributed by atoms with Crippen molar-refractivity contribution in [3.05, 3.63) is 29.6 Å². The van der Waals surface area contributed by atoms with Crippen LogP contribution in [0.3, 0.4) is 0 Å². The smallest absolute Gasteiger partial charge is 0.0887 e. The molecule has 0 aromatic carbocycles. The Morgan fingerprint density at radius 3 is 2.65 bits per heavy atom. The second-order valence-electron chi connectivity index (χ2n) is 6.90. The maximum atomic E-state index is 5.70. The standard InChI is InChI=1S/C17H28N2O/c1-17(2,3)19-12-15-7-8-16(18-11-15)13-20-10-9-14-5-4-6-14/h7-8,11,14,19H,4-6,9-10,12-13H2,1-3H3. The Kier molecular flexibility index (Phi) is 5.55.